The van der Waals surface area contributed by atoms with E-state index in [0.717, 1.165) is 38.6 Å². The lowest BCUT2D eigenvalue weighted by molar-refractivity contribution is 0.0778. The Morgan fingerprint density at radius 1 is 1.24 bits per heavy atom. The van der Waals surface area contributed by atoms with E-state index in [2.05, 4.69) is 54.8 Å². The number of nitrogens with one attached hydrogen (secondary N) is 2. The van der Waals surface area contributed by atoms with Crippen LogP contribution in [0.2, 0.25) is 0 Å². The molecular formula is C20H34IN3O. The van der Waals surface area contributed by atoms with Gasteiger partial charge in [0.05, 0.1) is 0 Å². The SMILES string of the molecule is CCNC(=NCC1(CCOC)CCC1)NCC(C)c1ccccc1.I. The summed E-state index contributed by atoms with van der Waals surface area (Å²) in [6.07, 6.45) is 5.00. The summed E-state index contributed by atoms with van der Waals surface area (Å²) in [6.45, 7) is 7.87. The van der Waals surface area contributed by atoms with Crippen molar-refractivity contribution in [1.29, 1.82) is 0 Å². The minimum atomic E-state index is 0. The molecule has 142 valence electrons. The van der Waals surface area contributed by atoms with Gasteiger partial charge in [-0.3, -0.25) is 4.99 Å². The quantitative estimate of drug-likeness (QED) is 0.331. The molecule has 1 fully saturated rings. The first kappa shape index (κ1) is 22.2. The first-order valence-corrected chi connectivity index (χ1v) is 9.25. The molecule has 0 bridgehead atoms. The molecule has 0 amide bonds. The van der Waals surface area contributed by atoms with Gasteiger partial charge in [-0.05, 0) is 43.1 Å². The summed E-state index contributed by atoms with van der Waals surface area (Å²) in [7, 11) is 1.78. The lowest BCUT2D eigenvalue weighted by Crippen LogP contribution is -2.41. The lowest BCUT2D eigenvalue weighted by Gasteiger charge is -2.40. The van der Waals surface area contributed by atoms with Crippen LogP contribution in [-0.4, -0.2) is 39.3 Å². The highest BCUT2D eigenvalue weighted by molar-refractivity contribution is 14.0. The Bertz CT molecular complexity index is 503. The Labute approximate surface area is 170 Å². The third kappa shape index (κ3) is 7.13. The summed E-state index contributed by atoms with van der Waals surface area (Å²) in [5.74, 6) is 1.39. The molecule has 0 saturated heterocycles. The maximum atomic E-state index is 5.28. The zero-order valence-corrected chi connectivity index (χ0v) is 18.2. The lowest BCUT2D eigenvalue weighted by atomic mass is 9.67. The molecule has 0 heterocycles. The van der Waals surface area contributed by atoms with Gasteiger partial charge in [0, 0.05) is 33.4 Å². The topological polar surface area (TPSA) is 45.7 Å². The number of benzene rings is 1. The van der Waals surface area contributed by atoms with Crippen molar-refractivity contribution in [1.82, 2.24) is 10.6 Å². The highest BCUT2D eigenvalue weighted by Gasteiger charge is 2.36. The van der Waals surface area contributed by atoms with Crippen LogP contribution in [0.25, 0.3) is 0 Å². The Kier molecular flexibility index (Phi) is 10.4. The van der Waals surface area contributed by atoms with Crippen molar-refractivity contribution in [2.24, 2.45) is 10.4 Å². The van der Waals surface area contributed by atoms with Crippen LogP contribution in [0.15, 0.2) is 35.3 Å². The second kappa shape index (κ2) is 11.7. The number of methoxy groups -OCH3 is 1. The number of halogens is 1. The van der Waals surface area contributed by atoms with Crippen molar-refractivity contribution in [3.05, 3.63) is 35.9 Å². The van der Waals surface area contributed by atoms with Crippen molar-refractivity contribution < 1.29 is 4.74 Å². The molecule has 2 N–H and O–H groups in total. The van der Waals surface area contributed by atoms with Crippen molar-refractivity contribution in [3.8, 4) is 0 Å². The van der Waals surface area contributed by atoms with Gasteiger partial charge in [-0.25, -0.2) is 0 Å². The van der Waals surface area contributed by atoms with E-state index >= 15 is 0 Å². The first-order chi connectivity index (χ1) is 11.7. The molecule has 1 aromatic carbocycles. The fraction of sp³-hybridized carbons (Fsp3) is 0.650. The Morgan fingerprint density at radius 3 is 2.52 bits per heavy atom. The van der Waals surface area contributed by atoms with Gasteiger partial charge >= 0.3 is 0 Å². The highest BCUT2D eigenvalue weighted by atomic mass is 127. The molecule has 1 aliphatic carbocycles. The molecule has 0 spiro atoms. The summed E-state index contributed by atoms with van der Waals surface area (Å²) < 4.78 is 5.28. The minimum absolute atomic E-state index is 0. The molecule has 0 radical (unpaired) electrons. The van der Waals surface area contributed by atoms with Crippen LogP contribution in [0, 0.1) is 5.41 Å². The van der Waals surface area contributed by atoms with Crippen molar-refractivity contribution >= 4 is 29.9 Å². The van der Waals surface area contributed by atoms with Crippen LogP contribution in [-0.2, 0) is 4.74 Å². The summed E-state index contributed by atoms with van der Waals surface area (Å²) in [6, 6.07) is 10.6. The van der Waals surface area contributed by atoms with Crippen LogP contribution in [0.5, 0.6) is 0 Å². The third-order valence-electron chi connectivity index (χ3n) is 5.11. The summed E-state index contributed by atoms with van der Waals surface area (Å²) in [5.41, 5.74) is 1.72. The average Bonchev–Trinajstić information content (AvgIpc) is 2.58. The van der Waals surface area contributed by atoms with E-state index in [9.17, 15) is 0 Å². The maximum Gasteiger partial charge on any atom is 0.191 e. The average molecular weight is 459 g/mol. The fourth-order valence-corrected chi connectivity index (χ4v) is 3.22. The van der Waals surface area contributed by atoms with Crippen molar-refractivity contribution in [3.63, 3.8) is 0 Å². The number of hydrogen-bond donors (Lipinski definition) is 2. The molecule has 0 aromatic heterocycles. The van der Waals surface area contributed by atoms with E-state index < -0.39 is 0 Å². The van der Waals surface area contributed by atoms with Crippen molar-refractivity contribution in [2.45, 2.75) is 45.4 Å². The van der Waals surface area contributed by atoms with E-state index in [0.29, 0.717) is 11.3 Å². The van der Waals surface area contributed by atoms with Gasteiger partial charge in [0.25, 0.3) is 0 Å². The van der Waals surface area contributed by atoms with E-state index in [-0.39, 0.29) is 24.0 Å². The predicted octanol–water partition coefficient (Wildman–Crippen LogP) is 4.17. The summed E-state index contributed by atoms with van der Waals surface area (Å²) >= 11 is 0. The number of rotatable bonds is 9. The van der Waals surface area contributed by atoms with Gasteiger partial charge in [-0.15, -0.1) is 24.0 Å². The Morgan fingerprint density at radius 2 is 1.96 bits per heavy atom. The monoisotopic (exact) mass is 459 g/mol. The second-order valence-corrected chi connectivity index (χ2v) is 6.98. The fourth-order valence-electron chi connectivity index (χ4n) is 3.22. The van der Waals surface area contributed by atoms with Gasteiger partial charge in [0.1, 0.15) is 0 Å². The molecule has 25 heavy (non-hydrogen) atoms. The molecule has 1 aromatic rings. The van der Waals surface area contributed by atoms with E-state index in [4.69, 9.17) is 9.73 Å². The molecule has 1 aliphatic rings. The second-order valence-electron chi connectivity index (χ2n) is 6.98. The van der Waals surface area contributed by atoms with E-state index in [1.165, 1.54) is 24.8 Å². The van der Waals surface area contributed by atoms with E-state index in [1.807, 2.05) is 0 Å². The number of aliphatic imine (C=N–C) groups is 1. The molecular weight excluding hydrogens is 425 g/mol. The standard InChI is InChI=1S/C20H33N3O.HI/c1-4-21-19(22-15-17(2)18-9-6-5-7-10-18)23-16-20(11-8-12-20)13-14-24-3;/h5-7,9-10,17H,4,8,11-16H2,1-3H3,(H2,21,22,23);1H. The number of guanidine groups is 1. The van der Waals surface area contributed by atoms with Gasteiger partial charge in [0.15, 0.2) is 5.96 Å². The zero-order valence-electron chi connectivity index (χ0n) is 15.9. The first-order valence-electron chi connectivity index (χ1n) is 9.25. The highest BCUT2D eigenvalue weighted by Crippen LogP contribution is 2.44. The molecule has 0 aliphatic heterocycles. The van der Waals surface area contributed by atoms with Crippen LogP contribution in [0.4, 0.5) is 0 Å². The van der Waals surface area contributed by atoms with Crippen LogP contribution < -0.4 is 10.6 Å². The van der Waals surface area contributed by atoms with Gasteiger partial charge < -0.3 is 15.4 Å². The van der Waals surface area contributed by atoms with Gasteiger partial charge in [-0.2, -0.15) is 0 Å². The zero-order chi connectivity index (χ0) is 17.3. The van der Waals surface area contributed by atoms with Gasteiger partial charge in [0.2, 0.25) is 0 Å². The maximum absolute atomic E-state index is 5.28. The summed E-state index contributed by atoms with van der Waals surface area (Å²) in [5, 5.41) is 6.88. The Hall–Kier alpha value is -0.820. The molecule has 4 nitrogen and oxygen atoms in total. The van der Waals surface area contributed by atoms with Crippen LogP contribution in [0.1, 0.15) is 51.0 Å². The summed E-state index contributed by atoms with van der Waals surface area (Å²) in [4.78, 5) is 4.87. The predicted molar refractivity (Wildman–Crippen MR) is 117 cm³/mol. The van der Waals surface area contributed by atoms with Crippen LogP contribution >= 0.6 is 24.0 Å². The van der Waals surface area contributed by atoms with Crippen molar-refractivity contribution in [2.75, 3.05) is 33.4 Å². The molecule has 5 heteroatoms. The van der Waals surface area contributed by atoms with Crippen LogP contribution in [0.3, 0.4) is 0 Å². The van der Waals surface area contributed by atoms with Gasteiger partial charge in [-0.1, -0.05) is 43.7 Å². The Balaban J connectivity index is 0.00000312. The number of hydrogen-bond acceptors (Lipinski definition) is 2. The van der Waals surface area contributed by atoms with E-state index in [1.54, 1.807) is 7.11 Å². The third-order valence-corrected chi connectivity index (χ3v) is 5.11. The minimum Gasteiger partial charge on any atom is -0.385 e. The number of ether oxygens (including phenoxy) is 1. The molecule has 1 unspecified atom stereocenters. The molecule has 1 atom stereocenters. The molecule has 2 rings (SSSR count). The smallest absolute Gasteiger partial charge is 0.191 e. The molecule has 1 saturated carbocycles. The number of nitrogens with zero attached hydrogens (tertiary/aromatic N) is 1. The largest absolute Gasteiger partial charge is 0.385 e. The normalized spacial score (nSPS) is 17.2.